The van der Waals surface area contributed by atoms with Gasteiger partial charge in [-0.05, 0) is 30.7 Å². The number of fused-ring (bicyclic) bond motifs is 2. The van der Waals surface area contributed by atoms with Crippen molar-refractivity contribution in [1.82, 2.24) is 14.5 Å². The van der Waals surface area contributed by atoms with Crippen molar-refractivity contribution in [3.63, 3.8) is 0 Å². The Morgan fingerprint density at radius 2 is 2.09 bits per heavy atom. The number of nitro benzene ring substituents is 1. The number of hydrogen-bond acceptors (Lipinski definition) is 8. The molecular formula is C22H15N5O4S2. The maximum Gasteiger partial charge on any atom is 0.270 e. The molecule has 3 heterocycles. The van der Waals surface area contributed by atoms with E-state index >= 15 is 0 Å². The number of carbonyl (C=O) groups is 1. The highest BCUT2D eigenvalue weighted by Crippen LogP contribution is 2.32. The van der Waals surface area contributed by atoms with Crippen molar-refractivity contribution in [1.29, 1.82) is 0 Å². The molecule has 5 rings (SSSR count). The Kier molecular flexibility index (Phi) is 5.19. The van der Waals surface area contributed by atoms with Crippen LogP contribution < -0.4 is 10.9 Å². The number of thiazole rings is 1. The number of hydrogen-bond donors (Lipinski definition) is 1. The van der Waals surface area contributed by atoms with E-state index in [9.17, 15) is 19.7 Å². The summed E-state index contributed by atoms with van der Waals surface area (Å²) in [5, 5.41) is 17.0. The van der Waals surface area contributed by atoms with Gasteiger partial charge in [0.15, 0.2) is 0 Å². The molecule has 0 fully saturated rings. The number of nitrogens with zero attached hydrogens (tertiary/aromatic N) is 4. The van der Waals surface area contributed by atoms with Crippen molar-refractivity contribution in [3.05, 3.63) is 79.6 Å². The fourth-order valence-corrected chi connectivity index (χ4v) is 5.33. The normalized spacial score (nSPS) is 11.2. The highest BCUT2D eigenvalue weighted by molar-refractivity contribution is 7.18. The maximum atomic E-state index is 13.2. The topological polar surface area (TPSA) is 120 Å². The Bertz CT molecular complexity index is 1620. The number of anilines is 1. The van der Waals surface area contributed by atoms with Crippen LogP contribution in [0, 0.1) is 17.0 Å². The number of non-ortho nitro benzene ring substituents is 1. The van der Waals surface area contributed by atoms with Crippen LogP contribution >= 0.6 is 22.7 Å². The van der Waals surface area contributed by atoms with Crippen LogP contribution in [0.5, 0.6) is 0 Å². The average Bonchev–Trinajstić information content (AvgIpc) is 3.38. The summed E-state index contributed by atoms with van der Waals surface area (Å²) in [5.41, 5.74) is 2.13. The van der Waals surface area contributed by atoms with Crippen LogP contribution in [-0.4, -0.2) is 25.4 Å². The Morgan fingerprint density at radius 1 is 1.24 bits per heavy atom. The van der Waals surface area contributed by atoms with Crippen LogP contribution in [0.15, 0.2) is 59.0 Å². The number of nitro groups is 1. The molecule has 164 valence electrons. The van der Waals surface area contributed by atoms with Crippen LogP contribution in [0.4, 0.5) is 11.4 Å². The van der Waals surface area contributed by atoms with Gasteiger partial charge in [0.05, 0.1) is 31.9 Å². The monoisotopic (exact) mass is 477 g/mol. The second kappa shape index (κ2) is 8.19. The molecule has 0 spiro atoms. The molecule has 1 amide bonds. The number of thiophene rings is 1. The lowest BCUT2D eigenvalue weighted by Crippen LogP contribution is -2.27. The summed E-state index contributed by atoms with van der Waals surface area (Å²) in [6, 6.07) is 11.5. The van der Waals surface area contributed by atoms with Crippen molar-refractivity contribution in [3.8, 4) is 11.1 Å². The van der Waals surface area contributed by atoms with Crippen molar-refractivity contribution >= 4 is 60.4 Å². The summed E-state index contributed by atoms with van der Waals surface area (Å²) in [6.07, 6.45) is 1.34. The zero-order valence-electron chi connectivity index (χ0n) is 17.1. The Morgan fingerprint density at radius 3 is 2.91 bits per heavy atom. The van der Waals surface area contributed by atoms with Crippen LogP contribution in [-0.2, 0) is 11.3 Å². The van der Waals surface area contributed by atoms with Gasteiger partial charge in [-0.15, -0.1) is 22.7 Å². The molecule has 0 radical (unpaired) electrons. The second-order valence-corrected chi connectivity index (χ2v) is 9.37. The van der Waals surface area contributed by atoms with E-state index in [4.69, 9.17) is 0 Å². The van der Waals surface area contributed by atoms with Gasteiger partial charge in [0.1, 0.15) is 11.4 Å². The SMILES string of the molecule is Cc1nc2ccc(NC(=O)Cn3cnc4scc(-c5cccc([N+](=O)[O-])c5)c4c3=O)cc2s1. The first-order chi connectivity index (χ1) is 15.9. The molecule has 5 aromatic rings. The predicted molar refractivity (Wildman–Crippen MR) is 129 cm³/mol. The lowest BCUT2D eigenvalue weighted by Gasteiger charge is -2.08. The van der Waals surface area contributed by atoms with Gasteiger partial charge < -0.3 is 5.32 Å². The molecular weight excluding hydrogens is 462 g/mol. The molecule has 1 N–H and O–H groups in total. The Hall–Kier alpha value is -3.96. The minimum Gasteiger partial charge on any atom is -0.324 e. The Balaban J connectivity index is 1.45. The van der Waals surface area contributed by atoms with E-state index in [0.717, 1.165) is 15.2 Å². The molecule has 9 nitrogen and oxygen atoms in total. The molecule has 0 unspecified atom stereocenters. The first-order valence-corrected chi connectivity index (χ1v) is 11.5. The lowest BCUT2D eigenvalue weighted by atomic mass is 10.1. The van der Waals surface area contributed by atoms with Crippen LogP contribution in [0.25, 0.3) is 31.6 Å². The van der Waals surface area contributed by atoms with Crippen LogP contribution in [0.2, 0.25) is 0 Å². The smallest absolute Gasteiger partial charge is 0.270 e. The summed E-state index contributed by atoms with van der Waals surface area (Å²) < 4.78 is 2.20. The third-order valence-corrected chi connectivity index (χ3v) is 6.84. The number of aromatic nitrogens is 3. The van der Waals surface area contributed by atoms with Gasteiger partial charge in [-0.2, -0.15) is 0 Å². The quantitative estimate of drug-likeness (QED) is 0.292. The first kappa shape index (κ1) is 20.9. The number of carbonyl (C=O) groups excluding carboxylic acids is 1. The number of aryl methyl sites for hydroxylation is 1. The maximum absolute atomic E-state index is 13.2. The third-order valence-electron chi connectivity index (χ3n) is 5.02. The summed E-state index contributed by atoms with van der Waals surface area (Å²) in [6.45, 7) is 1.70. The molecule has 0 atom stereocenters. The number of rotatable bonds is 5. The minimum atomic E-state index is -0.482. The molecule has 2 aromatic carbocycles. The summed E-state index contributed by atoms with van der Waals surface area (Å²) in [5.74, 6) is -0.369. The van der Waals surface area contributed by atoms with Gasteiger partial charge in [-0.3, -0.25) is 24.3 Å². The highest BCUT2D eigenvalue weighted by Gasteiger charge is 2.17. The highest BCUT2D eigenvalue weighted by atomic mass is 32.1. The van der Waals surface area contributed by atoms with Crippen molar-refractivity contribution in [2.75, 3.05) is 5.32 Å². The second-order valence-electron chi connectivity index (χ2n) is 7.28. The third kappa shape index (κ3) is 3.99. The van der Waals surface area contributed by atoms with E-state index in [0.29, 0.717) is 27.0 Å². The van der Waals surface area contributed by atoms with E-state index in [2.05, 4.69) is 15.3 Å². The molecule has 0 saturated carbocycles. The van der Waals surface area contributed by atoms with Gasteiger partial charge in [-0.25, -0.2) is 9.97 Å². The van der Waals surface area contributed by atoms with Crippen LogP contribution in [0.1, 0.15) is 5.01 Å². The van der Waals surface area contributed by atoms with Crippen molar-refractivity contribution in [2.24, 2.45) is 0 Å². The molecule has 0 saturated heterocycles. The van der Waals surface area contributed by atoms with Gasteiger partial charge in [0.2, 0.25) is 5.91 Å². The van der Waals surface area contributed by atoms with Gasteiger partial charge in [0.25, 0.3) is 11.2 Å². The fraction of sp³-hybridized carbons (Fsp3) is 0.0909. The molecule has 0 aliphatic heterocycles. The zero-order valence-corrected chi connectivity index (χ0v) is 18.8. The molecule has 0 aliphatic carbocycles. The number of benzene rings is 2. The van der Waals surface area contributed by atoms with E-state index < -0.39 is 4.92 Å². The molecule has 0 bridgehead atoms. The Labute approximate surface area is 194 Å². The number of nitrogens with one attached hydrogen (secondary N) is 1. The largest absolute Gasteiger partial charge is 0.324 e. The first-order valence-electron chi connectivity index (χ1n) is 9.77. The standard InChI is InChI=1S/C22H15N5O4S2/c1-12-24-17-6-5-14(8-18(17)33-12)25-19(28)9-26-11-23-21-20(22(26)29)16(10-32-21)13-3-2-4-15(7-13)27(30)31/h2-8,10-11H,9H2,1H3,(H,25,28). The van der Waals surface area contributed by atoms with E-state index in [1.165, 1.54) is 45.7 Å². The zero-order chi connectivity index (χ0) is 23.1. The van der Waals surface area contributed by atoms with E-state index in [1.54, 1.807) is 23.6 Å². The summed E-state index contributed by atoms with van der Waals surface area (Å²) >= 11 is 2.81. The van der Waals surface area contributed by atoms with Crippen LogP contribution in [0.3, 0.4) is 0 Å². The molecule has 33 heavy (non-hydrogen) atoms. The van der Waals surface area contributed by atoms with Crippen molar-refractivity contribution < 1.29 is 9.72 Å². The number of amides is 1. The average molecular weight is 478 g/mol. The summed E-state index contributed by atoms with van der Waals surface area (Å²) in [4.78, 5) is 45.7. The van der Waals surface area contributed by atoms with E-state index in [-0.39, 0.29) is 23.7 Å². The molecule has 3 aromatic heterocycles. The van der Waals surface area contributed by atoms with Gasteiger partial charge >= 0.3 is 0 Å². The lowest BCUT2D eigenvalue weighted by molar-refractivity contribution is -0.384. The summed E-state index contributed by atoms with van der Waals surface area (Å²) in [7, 11) is 0. The fourth-order valence-electron chi connectivity index (χ4n) is 3.55. The van der Waals surface area contributed by atoms with E-state index in [1.807, 2.05) is 19.1 Å². The molecule has 11 heteroatoms. The van der Waals surface area contributed by atoms with Gasteiger partial charge in [0, 0.05) is 28.8 Å². The minimum absolute atomic E-state index is 0.0662. The van der Waals surface area contributed by atoms with Crippen molar-refractivity contribution in [2.45, 2.75) is 13.5 Å². The van der Waals surface area contributed by atoms with Gasteiger partial charge in [-0.1, -0.05) is 12.1 Å². The predicted octanol–water partition coefficient (Wildman–Crippen LogP) is 4.59. The molecule has 0 aliphatic rings.